The van der Waals surface area contributed by atoms with Crippen molar-refractivity contribution in [3.05, 3.63) is 82.7 Å². The summed E-state index contributed by atoms with van der Waals surface area (Å²) in [7, 11) is 0. The van der Waals surface area contributed by atoms with Crippen molar-refractivity contribution in [2.45, 2.75) is 27.4 Å². The van der Waals surface area contributed by atoms with Crippen LogP contribution >= 0.6 is 0 Å². The fourth-order valence-electron chi connectivity index (χ4n) is 2.66. The third-order valence-electron chi connectivity index (χ3n) is 3.85. The molecule has 0 fully saturated rings. The van der Waals surface area contributed by atoms with Gasteiger partial charge in [-0.2, -0.15) is 0 Å². The van der Waals surface area contributed by atoms with Crippen LogP contribution in [0.15, 0.2) is 54.6 Å². The van der Waals surface area contributed by atoms with E-state index in [9.17, 15) is 4.79 Å². The zero-order valence-electron chi connectivity index (χ0n) is 15.6. The minimum atomic E-state index is -0.293. The quantitative estimate of drug-likeness (QED) is 0.653. The van der Waals surface area contributed by atoms with Gasteiger partial charge in [0.05, 0.1) is 0 Å². The maximum Gasteiger partial charge on any atom is 0.269 e. The Labute approximate surface area is 158 Å². The molecule has 138 valence electrons. The molecule has 0 bridgehead atoms. The molecule has 0 aliphatic rings. The Bertz CT molecular complexity index is 936. The average Bonchev–Trinajstić information content (AvgIpc) is 2.64. The Morgan fingerprint density at radius 1 is 0.963 bits per heavy atom. The van der Waals surface area contributed by atoms with Crippen molar-refractivity contribution in [1.82, 2.24) is 15.4 Å². The van der Waals surface area contributed by atoms with Gasteiger partial charge in [0.1, 0.15) is 12.4 Å². The van der Waals surface area contributed by atoms with Crippen LogP contribution in [-0.2, 0) is 6.61 Å². The number of carbonyl (C=O) groups excluding carboxylic acids is 1. The van der Waals surface area contributed by atoms with Gasteiger partial charge in [-0.3, -0.25) is 15.6 Å². The first kappa shape index (κ1) is 18.4. The van der Waals surface area contributed by atoms with Crippen molar-refractivity contribution >= 4 is 11.9 Å². The van der Waals surface area contributed by atoms with Gasteiger partial charge in [0, 0.05) is 17.0 Å². The number of nitrogens with one attached hydrogen (secondary N) is 2. The van der Waals surface area contributed by atoms with E-state index in [2.05, 4.69) is 26.9 Å². The zero-order valence-corrected chi connectivity index (χ0v) is 15.6. The molecule has 0 saturated heterocycles. The summed E-state index contributed by atoms with van der Waals surface area (Å²) >= 11 is 0. The maximum absolute atomic E-state index is 12.4. The van der Waals surface area contributed by atoms with Crippen LogP contribution in [-0.4, -0.2) is 15.9 Å². The summed E-state index contributed by atoms with van der Waals surface area (Å²) in [5.74, 6) is 0.693. The average molecular weight is 362 g/mol. The Kier molecular flexibility index (Phi) is 5.66. The highest BCUT2D eigenvalue weighted by Crippen LogP contribution is 2.16. The van der Waals surface area contributed by atoms with E-state index >= 15 is 0 Å². The summed E-state index contributed by atoms with van der Waals surface area (Å²) in [6.07, 6.45) is 0. The number of benzene rings is 2. The topological polar surface area (TPSA) is 76.1 Å². The van der Waals surface area contributed by atoms with Crippen LogP contribution in [0, 0.1) is 20.8 Å². The number of hydrogen-bond donors (Lipinski definition) is 2. The first-order valence-electron chi connectivity index (χ1n) is 8.66. The molecule has 0 unspecified atom stereocenters. The van der Waals surface area contributed by atoms with Crippen LogP contribution in [0.1, 0.15) is 32.9 Å². The van der Waals surface area contributed by atoms with Gasteiger partial charge in [0.2, 0.25) is 5.95 Å². The SMILES string of the molecule is Cc1cccc(COc2cccc(C(=O)NNc3nc(C)cc(C)n3)c2)c1. The summed E-state index contributed by atoms with van der Waals surface area (Å²) in [5.41, 5.74) is 9.75. The predicted molar refractivity (Wildman–Crippen MR) is 105 cm³/mol. The minimum absolute atomic E-state index is 0.293. The molecule has 0 spiro atoms. The second-order valence-electron chi connectivity index (χ2n) is 6.36. The predicted octanol–water partition coefficient (Wildman–Crippen LogP) is 3.74. The fraction of sp³-hybridized carbons (Fsp3) is 0.190. The number of carbonyl (C=O) groups is 1. The van der Waals surface area contributed by atoms with Crippen molar-refractivity contribution in [3.8, 4) is 5.75 Å². The van der Waals surface area contributed by atoms with Gasteiger partial charge in [-0.1, -0.05) is 35.9 Å². The van der Waals surface area contributed by atoms with Gasteiger partial charge in [-0.15, -0.1) is 0 Å². The summed E-state index contributed by atoms with van der Waals surface area (Å²) in [4.78, 5) is 20.8. The van der Waals surface area contributed by atoms with Crippen molar-refractivity contribution < 1.29 is 9.53 Å². The molecular formula is C21H22N4O2. The molecule has 0 saturated carbocycles. The molecule has 27 heavy (non-hydrogen) atoms. The van der Waals surface area contributed by atoms with Crippen LogP contribution in [0.4, 0.5) is 5.95 Å². The van der Waals surface area contributed by atoms with Crippen LogP contribution in [0.2, 0.25) is 0 Å². The number of hydrazine groups is 1. The molecule has 1 amide bonds. The number of ether oxygens (including phenoxy) is 1. The molecule has 1 aromatic heterocycles. The van der Waals surface area contributed by atoms with E-state index < -0.39 is 0 Å². The van der Waals surface area contributed by atoms with Crippen LogP contribution in [0.5, 0.6) is 5.75 Å². The molecule has 0 aliphatic heterocycles. The van der Waals surface area contributed by atoms with E-state index in [1.54, 1.807) is 18.2 Å². The summed E-state index contributed by atoms with van der Waals surface area (Å²) in [6, 6.07) is 17.0. The van der Waals surface area contributed by atoms with E-state index in [0.29, 0.717) is 23.9 Å². The molecule has 3 aromatic rings. The van der Waals surface area contributed by atoms with Crippen LogP contribution in [0.3, 0.4) is 0 Å². The molecule has 0 aliphatic carbocycles. The number of aromatic nitrogens is 2. The molecule has 6 nitrogen and oxygen atoms in total. The second kappa shape index (κ2) is 8.31. The highest BCUT2D eigenvalue weighted by Gasteiger charge is 2.08. The van der Waals surface area contributed by atoms with Crippen LogP contribution in [0.25, 0.3) is 0 Å². The minimum Gasteiger partial charge on any atom is -0.489 e. The zero-order chi connectivity index (χ0) is 19.2. The lowest BCUT2D eigenvalue weighted by Crippen LogP contribution is -2.30. The summed E-state index contributed by atoms with van der Waals surface area (Å²) < 4.78 is 5.81. The second-order valence-corrected chi connectivity index (χ2v) is 6.36. The van der Waals surface area contributed by atoms with E-state index in [-0.39, 0.29) is 5.91 Å². The molecule has 0 radical (unpaired) electrons. The number of rotatable bonds is 6. The number of aryl methyl sites for hydroxylation is 3. The lowest BCUT2D eigenvalue weighted by atomic mass is 10.1. The van der Waals surface area contributed by atoms with Gasteiger partial charge in [0.15, 0.2) is 0 Å². The van der Waals surface area contributed by atoms with E-state index in [1.807, 2.05) is 51.1 Å². The molecule has 2 N–H and O–H groups in total. The normalized spacial score (nSPS) is 10.3. The smallest absolute Gasteiger partial charge is 0.269 e. The van der Waals surface area contributed by atoms with Gasteiger partial charge >= 0.3 is 0 Å². The van der Waals surface area contributed by atoms with Crippen molar-refractivity contribution in [2.75, 3.05) is 5.43 Å². The van der Waals surface area contributed by atoms with Gasteiger partial charge in [-0.05, 0) is 50.6 Å². The lowest BCUT2D eigenvalue weighted by Gasteiger charge is -2.10. The Balaban J connectivity index is 1.61. The molecular weight excluding hydrogens is 340 g/mol. The summed E-state index contributed by atoms with van der Waals surface area (Å²) in [6.45, 7) is 6.23. The maximum atomic E-state index is 12.4. The van der Waals surface area contributed by atoms with E-state index in [4.69, 9.17) is 4.74 Å². The number of hydrogen-bond acceptors (Lipinski definition) is 5. The molecule has 3 rings (SSSR count). The fourth-order valence-corrected chi connectivity index (χ4v) is 2.66. The van der Waals surface area contributed by atoms with Gasteiger partial charge in [0.25, 0.3) is 5.91 Å². The van der Waals surface area contributed by atoms with Gasteiger partial charge in [-0.25, -0.2) is 9.97 Å². The first-order valence-corrected chi connectivity index (χ1v) is 8.66. The third kappa shape index (κ3) is 5.28. The first-order chi connectivity index (χ1) is 13.0. The van der Waals surface area contributed by atoms with Crippen molar-refractivity contribution in [1.29, 1.82) is 0 Å². The van der Waals surface area contributed by atoms with Crippen LogP contribution < -0.4 is 15.6 Å². The Morgan fingerprint density at radius 3 is 2.44 bits per heavy atom. The number of amides is 1. The number of anilines is 1. The highest BCUT2D eigenvalue weighted by molar-refractivity contribution is 5.95. The van der Waals surface area contributed by atoms with Crippen molar-refractivity contribution in [3.63, 3.8) is 0 Å². The summed E-state index contributed by atoms with van der Waals surface area (Å²) in [5, 5.41) is 0. The Hall–Kier alpha value is -3.41. The van der Waals surface area contributed by atoms with E-state index in [1.165, 1.54) is 5.56 Å². The molecule has 1 heterocycles. The third-order valence-corrected chi connectivity index (χ3v) is 3.85. The Morgan fingerprint density at radius 2 is 1.70 bits per heavy atom. The highest BCUT2D eigenvalue weighted by atomic mass is 16.5. The lowest BCUT2D eigenvalue weighted by molar-refractivity contribution is 0.0961. The largest absolute Gasteiger partial charge is 0.489 e. The number of nitrogens with zero attached hydrogens (tertiary/aromatic N) is 2. The monoisotopic (exact) mass is 362 g/mol. The standard InChI is InChI=1S/C21H22N4O2/c1-14-6-4-7-17(10-14)13-27-19-9-5-8-18(12-19)20(26)24-25-21-22-15(2)11-16(3)23-21/h4-12H,13H2,1-3H3,(H,24,26)(H,22,23,25). The molecule has 0 atom stereocenters. The van der Waals surface area contributed by atoms with E-state index in [0.717, 1.165) is 17.0 Å². The van der Waals surface area contributed by atoms with Gasteiger partial charge < -0.3 is 4.74 Å². The van der Waals surface area contributed by atoms with Crippen molar-refractivity contribution in [2.24, 2.45) is 0 Å². The molecule has 2 aromatic carbocycles. The molecule has 6 heteroatoms.